The van der Waals surface area contributed by atoms with E-state index in [1.807, 2.05) is 84.9 Å². The molecule has 2 nitrogen and oxygen atoms in total. The van der Waals surface area contributed by atoms with Gasteiger partial charge in [-0.2, -0.15) is 0 Å². The van der Waals surface area contributed by atoms with Crippen molar-refractivity contribution >= 4 is 43.6 Å². The van der Waals surface area contributed by atoms with Crippen molar-refractivity contribution in [2.45, 2.75) is 0 Å². The number of para-hydroxylation sites is 4. The molecule has 0 N–H and O–H groups in total. The second kappa shape index (κ2) is 11.5. The Kier molecular flexibility index (Phi) is 5.08. The lowest BCUT2D eigenvalue weighted by molar-refractivity contribution is 1.18. The zero-order valence-corrected chi connectivity index (χ0v) is 26.8. The molecule has 0 bridgehead atoms. The van der Waals surface area contributed by atoms with Crippen molar-refractivity contribution in [3.8, 4) is 44.8 Å². The van der Waals surface area contributed by atoms with Crippen molar-refractivity contribution in [1.29, 1.82) is 0 Å². The fourth-order valence-corrected chi connectivity index (χ4v) is 7.35. The van der Waals surface area contributed by atoms with Gasteiger partial charge in [0.05, 0.1) is 37.3 Å². The van der Waals surface area contributed by atoms with Gasteiger partial charge in [-0.3, -0.25) is 0 Å². The highest BCUT2D eigenvalue weighted by molar-refractivity contribution is 6.16. The largest absolute Gasteiger partial charge is 0.309 e. The quantitative estimate of drug-likeness (QED) is 0.177. The molecule has 0 aliphatic carbocycles. The Labute approximate surface area is 300 Å². The van der Waals surface area contributed by atoms with Crippen LogP contribution in [0.4, 0.5) is 0 Å². The molecule has 0 saturated heterocycles. The first-order valence-corrected chi connectivity index (χ1v) is 16.6. The van der Waals surface area contributed by atoms with Crippen LogP contribution in [-0.4, -0.2) is 9.13 Å². The van der Waals surface area contributed by atoms with Crippen LogP contribution in [0.2, 0.25) is 0 Å². The summed E-state index contributed by atoms with van der Waals surface area (Å²) in [6, 6.07) is 48.4. The minimum atomic E-state index is -0.415. The molecular formula is C48H32N2. The predicted molar refractivity (Wildman–Crippen MR) is 211 cm³/mol. The molecule has 0 radical (unpaired) electrons. The van der Waals surface area contributed by atoms with Crippen molar-refractivity contribution in [1.82, 2.24) is 9.13 Å². The Morgan fingerprint density at radius 3 is 1.84 bits per heavy atom. The van der Waals surface area contributed by atoms with Crippen LogP contribution in [0.15, 0.2) is 194 Å². The third-order valence-corrected chi connectivity index (χ3v) is 9.56. The lowest BCUT2D eigenvalue weighted by Gasteiger charge is -2.16. The maximum absolute atomic E-state index is 9.77. The molecule has 234 valence electrons. The lowest BCUT2D eigenvalue weighted by Crippen LogP contribution is -1.98. The van der Waals surface area contributed by atoms with Gasteiger partial charge >= 0.3 is 0 Å². The van der Waals surface area contributed by atoms with Gasteiger partial charge < -0.3 is 9.13 Å². The molecule has 0 unspecified atom stereocenters. The van der Waals surface area contributed by atoms with E-state index in [0.29, 0.717) is 11.3 Å². The summed E-state index contributed by atoms with van der Waals surface area (Å²) < 4.78 is 67.7. The minimum Gasteiger partial charge on any atom is -0.309 e. The summed E-state index contributed by atoms with van der Waals surface area (Å²) in [7, 11) is 0. The van der Waals surface area contributed by atoms with Gasteiger partial charge in [0.1, 0.15) is 0 Å². The first-order chi connectivity index (χ1) is 27.8. The van der Waals surface area contributed by atoms with E-state index in [4.69, 9.17) is 5.48 Å². The standard InChI is InChI=1S/C48H32N2/c1-4-15-33(16-5-1)38-21-10-12-25-44(38)50-47-30-28-36(32-43(47)41-24-14-23-39(48(41)50)34-17-6-2-7-18-34)35-27-29-46-42(31-35)40-22-11-13-26-45(40)49(46)37-19-8-3-9-20-37/h1-32H/i11D,13D,22D,26D,27D,29D,31D. The van der Waals surface area contributed by atoms with Crippen molar-refractivity contribution in [2.24, 2.45) is 0 Å². The zero-order chi connectivity index (χ0) is 39.1. The van der Waals surface area contributed by atoms with Gasteiger partial charge in [0, 0.05) is 38.4 Å². The van der Waals surface area contributed by atoms with Crippen LogP contribution in [0, 0.1) is 0 Å². The maximum atomic E-state index is 9.77. The average Bonchev–Trinajstić information content (AvgIpc) is 3.79. The van der Waals surface area contributed by atoms with Crippen molar-refractivity contribution in [2.75, 3.05) is 0 Å². The third kappa shape index (κ3) is 4.43. The highest BCUT2D eigenvalue weighted by atomic mass is 15.0. The number of nitrogens with zero attached hydrogens (tertiary/aromatic N) is 2. The number of hydrogen-bond donors (Lipinski definition) is 0. The molecule has 0 amide bonds. The third-order valence-electron chi connectivity index (χ3n) is 9.56. The highest BCUT2D eigenvalue weighted by Crippen LogP contribution is 2.42. The van der Waals surface area contributed by atoms with Crippen LogP contribution in [0.25, 0.3) is 88.4 Å². The van der Waals surface area contributed by atoms with Crippen LogP contribution in [0.5, 0.6) is 0 Å². The second-order valence-corrected chi connectivity index (χ2v) is 12.4. The molecular weight excluding hydrogens is 605 g/mol. The predicted octanol–water partition coefficient (Wildman–Crippen LogP) is 12.9. The maximum Gasteiger partial charge on any atom is 0.0645 e. The van der Waals surface area contributed by atoms with E-state index in [-0.39, 0.29) is 57.6 Å². The Morgan fingerprint density at radius 1 is 0.380 bits per heavy atom. The van der Waals surface area contributed by atoms with E-state index >= 15 is 0 Å². The number of rotatable bonds is 5. The van der Waals surface area contributed by atoms with Crippen molar-refractivity contribution in [3.63, 3.8) is 0 Å². The van der Waals surface area contributed by atoms with Gasteiger partial charge in [-0.05, 0) is 70.7 Å². The van der Waals surface area contributed by atoms with Gasteiger partial charge in [0.25, 0.3) is 0 Å². The number of fused-ring (bicyclic) bond motifs is 6. The molecule has 2 aromatic heterocycles. The monoisotopic (exact) mass is 643 g/mol. The lowest BCUT2D eigenvalue weighted by atomic mass is 9.99. The molecule has 0 spiro atoms. The average molecular weight is 644 g/mol. The van der Waals surface area contributed by atoms with Crippen LogP contribution < -0.4 is 0 Å². The molecule has 10 aromatic rings. The second-order valence-electron chi connectivity index (χ2n) is 12.4. The van der Waals surface area contributed by atoms with Gasteiger partial charge in [-0.25, -0.2) is 0 Å². The normalized spacial score (nSPS) is 13.6. The molecule has 0 fully saturated rings. The van der Waals surface area contributed by atoms with E-state index in [2.05, 4.69) is 59.2 Å². The molecule has 2 heteroatoms. The molecule has 0 aliphatic heterocycles. The molecule has 2 heterocycles. The fourth-order valence-electron chi connectivity index (χ4n) is 7.35. The molecule has 0 saturated carbocycles. The molecule has 10 rings (SSSR count). The molecule has 0 aliphatic rings. The highest BCUT2D eigenvalue weighted by Gasteiger charge is 2.20. The summed E-state index contributed by atoms with van der Waals surface area (Å²) in [5.41, 5.74) is 8.93. The molecule has 0 atom stereocenters. The van der Waals surface area contributed by atoms with E-state index in [1.54, 1.807) is 16.7 Å². The first-order valence-electron chi connectivity index (χ1n) is 20.1. The van der Waals surface area contributed by atoms with Gasteiger partial charge in [0.2, 0.25) is 0 Å². The Bertz CT molecular complexity index is 3240. The minimum absolute atomic E-state index is 0.0711. The summed E-state index contributed by atoms with van der Waals surface area (Å²) >= 11 is 0. The van der Waals surface area contributed by atoms with E-state index in [0.717, 1.165) is 49.7 Å². The summed E-state index contributed by atoms with van der Waals surface area (Å²) in [4.78, 5) is 0. The van der Waals surface area contributed by atoms with Gasteiger partial charge in [0.15, 0.2) is 0 Å². The van der Waals surface area contributed by atoms with Gasteiger partial charge in [-0.15, -0.1) is 0 Å². The van der Waals surface area contributed by atoms with Crippen molar-refractivity contribution < 1.29 is 9.60 Å². The van der Waals surface area contributed by atoms with Crippen LogP contribution in [-0.2, 0) is 0 Å². The SMILES string of the molecule is [2H]c1c([2H])c([2H])c2c(c1[2H])c1c([2H])c(-c3ccc4c(c3)c3cccc(-c5ccccc5)c3n4-c3ccccc3-c3ccccc3)c([2H])c([2H])c1n2-c1ccccc1. The van der Waals surface area contributed by atoms with Crippen LogP contribution >= 0.6 is 0 Å². The summed E-state index contributed by atoms with van der Waals surface area (Å²) in [6.45, 7) is 0. The zero-order valence-electron chi connectivity index (χ0n) is 33.8. The van der Waals surface area contributed by atoms with E-state index < -0.39 is 12.1 Å². The summed E-state index contributed by atoms with van der Waals surface area (Å²) in [5.74, 6) is 0. The Balaban J connectivity index is 1.31. The van der Waals surface area contributed by atoms with Gasteiger partial charge in [-0.1, -0.05) is 145 Å². The smallest absolute Gasteiger partial charge is 0.0645 e. The Morgan fingerprint density at radius 2 is 1.04 bits per heavy atom. The van der Waals surface area contributed by atoms with Crippen LogP contribution in [0.1, 0.15) is 9.60 Å². The summed E-state index contributed by atoms with van der Waals surface area (Å²) in [5, 5.41) is 2.25. The number of aromatic nitrogens is 2. The Hall–Kier alpha value is -6.64. The molecule has 50 heavy (non-hydrogen) atoms. The fraction of sp³-hybridized carbons (Fsp3) is 0. The number of benzene rings is 8. The van der Waals surface area contributed by atoms with E-state index in [9.17, 15) is 4.11 Å². The molecule has 8 aromatic carbocycles. The summed E-state index contributed by atoms with van der Waals surface area (Å²) in [6.07, 6.45) is 0. The van der Waals surface area contributed by atoms with E-state index in [1.165, 1.54) is 0 Å². The first kappa shape index (κ1) is 22.1. The number of hydrogen-bond acceptors (Lipinski definition) is 0. The van der Waals surface area contributed by atoms with Crippen molar-refractivity contribution in [3.05, 3.63) is 194 Å². The van der Waals surface area contributed by atoms with Crippen LogP contribution in [0.3, 0.4) is 0 Å². The topological polar surface area (TPSA) is 9.86 Å².